The van der Waals surface area contributed by atoms with Crippen molar-refractivity contribution < 1.29 is 14.9 Å². The van der Waals surface area contributed by atoms with Crippen LogP contribution in [0.25, 0.3) is 0 Å². The average Bonchev–Trinajstić information content (AvgIpc) is 2.62. The number of quaternary nitrogens is 1. The van der Waals surface area contributed by atoms with Gasteiger partial charge in [-0.1, -0.05) is 47.5 Å². The molecule has 0 aromatic heterocycles. The molecule has 0 saturated carbocycles. The smallest absolute Gasteiger partial charge is 0.278 e. The van der Waals surface area contributed by atoms with Crippen LogP contribution in [0.5, 0.6) is 0 Å². The molecule has 0 spiro atoms. The lowest BCUT2D eigenvalue weighted by molar-refractivity contribution is -0.710. The molecule has 2 amide bonds. The molecule has 0 aliphatic carbocycles. The molecule has 0 radical (unpaired) electrons. The molecule has 150 valence electrons. The van der Waals surface area contributed by atoms with Crippen molar-refractivity contribution in [3.63, 3.8) is 0 Å². The van der Waals surface area contributed by atoms with Crippen LogP contribution < -0.4 is 16.0 Å². The number of benzene rings is 2. The minimum Gasteiger partial charge on any atom is -0.342 e. The van der Waals surface area contributed by atoms with E-state index in [1.165, 1.54) is 0 Å². The van der Waals surface area contributed by atoms with E-state index in [9.17, 15) is 9.59 Å². The topological polar surface area (TPSA) is 74.8 Å². The van der Waals surface area contributed by atoms with E-state index in [-0.39, 0.29) is 30.4 Å². The lowest BCUT2D eigenvalue weighted by Gasteiger charge is -2.18. The number of carbonyl (C=O) groups excluding carboxylic acids is 2. The quantitative estimate of drug-likeness (QED) is 0.639. The third kappa shape index (κ3) is 5.96. The van der Waals surface area contributed by atoms with Crippen LogP contribution in [-0.2, 0) is 9.59 Å². The van der Waals surface area contributed by atoms with Crippen molar-refractivity contribution in [3.05, 3.63) is 63.1 Å². The Morgan fingerprint density at radius 2 is 1.71 bits per heavy atom. The fourth-order valence-electron chi connectivity index (χ4n) is 3.02. The lowest BCUT2D eigenvalue weighted by Crippen LogP contribution is -2.92. The van der Waals surface area contributed by atoms with Crippen LogP contribution in [0.4, 0.5) is 5.69 Å². The molecule has 2 atom stereocenters. The van der Waals surface area contributed by atoms with Gasteiger partial charge in [0.05, 0.1) is 11.6 Å². The monoisotopic (exact) mass is 422 g/mol. The van der Waals surface area contributed by atoms with Gasteiger partial charge in [0.2, 0.25) is 5.91 Å². The Morgan fingerprint density at radius 3 is 2.32 bits per heavy atom. The van der Waals surface area contributed by atoms with E-state index in [4.69, 9.17) is 23.2 Å². The van der Waals surface area contributed by atoms with Gasteiger partial charge in [0.25, 0.3) is 5.91 Å². The maximum atomic E-state index is 12.4. The molecule has 5 nitrogen and oxygen atoms in total. The van der Waals surface area contributed by atoms with Crippen molar-refractivity contribution in [2.24, 2.45) is 0 Å². The summed E-state index contributed by atoms with van der Waals surface area (Å²) in [5.74, 6) is -0.472. The van der Waals surface area contributed by atoms with Gasteiger partial charge in [-0.15, -0.1) is 0 Å². The molecule has 28 heavy (non-hydrogen) atoms. The average molecular weight is 423 g/mol. The molecule has 2 aromatic rings. The fourth-order valence-corrected chi connectivity index (χ4v) is 3.60. The van der Waals surface area contributed by atoms with E-state index in [0.29, 0.717) is 10.0 Å². The predicted molar refractivity (Wildman–Crippen MR) is 114 cm³/mol. The molecule has 7 heteroatoms. The van der Waals surface area contributed by atoms with Crippen LogP contribution in [0.15, 0.2) is 36.4 Å². The normalized spacial score (nSPS) is 12.9. The van der Waals surface area contributed by atoms with Crippen molar-refractivity contribution in [3.8, 4) is 0 Å². The number of aryl methyl sites for hydroxylation is 2. The van der Waals surface area contributed by atoms with Gasteiger partial charge in [-0.25, -0.2) is 0 Å². The first-order valence-electron chi connectivity index (χ1n) is 9.12. The Morgan fingerprint density at radius 1 is 1.07 bits per heavy atom. The SMILES string of the molecule is Cc1cccc(C)c1NC(=O)CNC(=O)[C@@H](C)[NH2+][C@H](C)c1ccc(Cl)cc1Cl. The summed E-state index contributed by atoms with van der Waals surface area (Å²) in [6.07, 6.45) is 0. The van der Waals surface area contributed by atoms with Crippen molar-refractivity contribution in [2.75, 3.05) is 11.9 Å². The van der Waals surface area contributed by atoms with E-state index in [1.54, 1.807) is 19.1 Å². The highest BCUT2D eigenvalue weighted by Gasteiger charge is 2.22. The zero-order valence-electron chi connectivity index (χ0n) is 16.5. The van der Waals surface area contributed by atoms with Crippen LogP contribution in [0.1, 0.15) is 36.6 Å². The zero-order valence-corrected chi connectivity index (χ0v) is 18.0. The fraction of sp³-hybridized carbons (Fsp3) is 0.333. The van der Waals surface area contributed by atoms with Gasteiger partial charge in [-0.2, -0.15) is 0 Å². The van der Waals surface area contributed by atoms with E-state index >= 15 is 0 Å². The molecule has 0 bridgehead atoms. The molecule has 4 N–H and O–H groups in total. The maximum Gasteiger partial charge on any atom is 0.278 e. The number of rotatable bonds is 7. The molecule has 2 aromatic carbocycles. The number of hydrogen-bond acceptors (Lipinski definition) is 2. The number of carbonyl (C=O) groups is 2. The third-order valence-electron chi connectivity index (χ3n) is 4.61. The Kier molecular flexibility index (Phi) is 7.87. The van der Waals surface area contributed by atoms with Gasteiger partial charge in [0.15, 0.2) is 6.04 Å². The highest BCUT2D eigenvalue weighted by atomic mass is 35.5. The number of anilines is 1. The second-order valence-corrected chi connectivity index (χ2v) is 7.81. The Hall–Kier alpha value is -2.08. The molecular formula is C21H26Cl2N3O2+. The summed E-state index contributed by atoms with van der Waals surface area (Å²) < 4.78 is 0. The van der Waals surface area contributed by atoms with Crippen LogP contribution in [0.2, 0.25) is 10.0 Å². The van der Waals surface area contributed by atoms with Crippen molar-refractivity contribution in [1.29, 1.82) is 0 Å². The zero-order chi connectivity index (χ0) is 20.8. The lowest BCUT2D eigenvalue weighted by atomic mass is 10.1. The van der Waals surface area contributed by atoms with E-state index in [0.717, 1.165) is 22.4 Å². The summed E-state index contributed by atoms with van der Waals surface area (Å²) in [7, 11) is 0. The number of halogens is 2. The first-order chi connectivity index (χ1) is 13.2. The van der Waals surface area contributed by atoms with Gasteiger partial charge in [0.1, 0.15) is 6.04 Å². The summed E-state index contributed by atoms with van der Waals surface area (Å²) >= 11 is 12.2. The largest absolute Gasteiger partial charge is 0.342 e. The minimum absolute atomic E-state index is 0.0334. The molecule has 0 fully saturated rings. The van der Waals surface area contributed by atoms with E-state index < -0.39 is 0 Å². The van der Waals surface area contributed by atoms with Crippen molar-refractivity contribution in [2.45, 2.75) is 39.8 Å². The first-order valence-corrected chi connectivity index (χ1v) is 9.88. The molecule has 0 unspecified atom stereocenters. The minimum atomic E-state index is -0.380. The van der Waals surface area contributed by atoms with Crippen LogP contribution >= 0.6 is 23.2 Å². The number of amides is 2. The van der Waals surface area contributed by atoms with E-state index in [2.05, 4.69) is 10.6 Å². The van der Waals surface area contributed by atoms with Crippen LogP contribution in [0, 0.1) is 13.8 Å². The summed E-state index contributed by atoms with van der Waals surface area (Å²) in [4.78, 5) is 24.6. The molecule has 0 saturated heterocycles. The first kappa shape index (κ1) is 22.2. The van der Waals surface area contributed by atoms with Crippen LogP contribution in [-0.4, -0.2) is 24.4 Å². The number of nitrogens with two attached hydrogens (primary N) is 1. The Balaban J connectivity index is 1.87. The summed E-state index contributed by atoms with van der Waals surface area (Å²) in [6, 6.07) is 10.7. The highest BCUT2D eigenvalue weighted by molar-refractivity contribution is 6.35. The van der Waals surface area contributed by atoms with Gasteiger partial charge in [-0.3, -0.25) is 9.59 Å². The number of nitrogens with one attached hydrogen (secondary N) is 2. The van der Waals surface area contributed by atoms with Crippen molar-refractivity contribution >= 4 is 40.7 Å². The third-order valence-corrected chi connectivity index (χ3v) is 5.18. The summed E-state index contributed by atoms with van der Waals surface area (Å²) in [5, 5.41) is 8.58. The molecule has 0 aliphatic heterocycles. The second kappa shape index (κ2) is 9.92. The highest BCUT2D eigenvalue weighted by Crippen LogP contribution is 2.24. The molecular weight excluding hydrogens is 397 g/mol. The van der Waals surface area contributed by atoms with Crippen LogP contribution in [0.3, 0.4) is 0 Å². The van der Waals surface area contributed by atoms with Gasteiger partial charge in [-0.05, 0) is 51.0 Å². The Labute approximate surface area is 175 Å². The standard InChI is InChI=1S/C21H25Cl2N3O2/c1-12-6-5-7-13(2)20(12)26-19(27)11-24-21(28)15(4)25-14(3)17-9-8-16(22)10-18(17)23/h5-10,14-15,25H,11H2,1-4H3,(H,24,28)(H,26,27)/p+1/t14-,15-/m1/s1. The van der Waals surface area contributed by atoms with Gasteiger partial charge in [0, 0.05) is 16.3 Å². The predicted octanol–water partition coefficient (Wildman–Crippen LogP) is 3.38. The molecule has 0 aliphatic rings. The van der Waals surface area contributed by atoms with Gasteiger partial charge >= 0.3 is 0 Å². The maximum absolute atomic E-state index is 12.4. The number of hydrogen-bond donors (Lipinski definition) is 3. The van der Waals surface area contributed by atoms with Gasteiger partial charge < -0.3 is 16.0 Å². The number of para-hydroxylation sites is 1. The molecule has 2 rings (SSSR count). The summed E-state index contributed by atoms with van der Waals surface area (Å²) in [6.45, 7) is 7.54. The summed E-state index contributed by atoms with van der Waals surface area (Å²) in [5.41, 5.74) is 3.65. The van der Waals surface area contributed by atoms with Crippen molar-refractivity contribution in [1.82, 2.24) is 5.32 Å². The Bertz CT molecular complexity index is 850. The second-order valence-electron chi connectivity index (χ2n) is 6.97. The molecule has 0 heterocycles. The van der Waals surface area contributed by atoms with E-state index in [1.807, 2.05) is 50.4 Å².